The minimum absolute atomic E-state index is 0.430. The number of fused-ring (bicyclic) bond motifs is 1. The van der Waals surface area contributed by atoms with E-state index < -0.39 is 0 Å². The van der Waals surface area contributed by atoms with Crippen LogP contribution in [0.5, 0.6) is 0 Å². The highest BCUT2D eigenvalue weighted by Crippen LogP contribution is 2.26. The fraction of sp³-hybridized carbons (Fsp3) is 0.500. The van der Waals surface area contributed by atoms with Crippen LogP contribution < -0.4 is 10.2 Å². The first-order valence-electron chi connectivity index (χ1n) is 7.81. The van der Waals surface area contributed by atoms with Crippen molar-refractivity contribution in [2.24, 2.45) is 5.92 Å². The Labute approximate surface area is 128 Å². The van der Waals surface area contributed by atoms with E-state index in [1.54, 1.807) is 0 Å². The molecule has 0 saturated heterocycles. The zero-order chi connectivity index (χ0) is 15.4. The Bertz CT molecular complexity index is 590. The van der Waals surface area contributed by atoms with Crippen molar-refractivity contribution in [1.29, 1.82) is 0 Å². The second-order valence-corrected chi connectivity index (χ2v) is 6.39. The first-order valence-corrected chi connectivity index (χ1v) is 7.81. The third-order valence-electron chi connectivity index (χ3n) is 3.74. The highest BCUT2D eigenvalue weighted by atomic mass is 15.2. The SMILES string of the molecule is CC(C)CNCc1cc2ccccc2c(N(C)C(C)C)n1. The zero-order valence-corrected chi connectivity index (χ0v) is 13.9. The second-order valence-electron chi connectivity index (χ2n) is 6.39. The van der Waals surface area contributed by atoms with Crippen LogP contribution in [0.15, 0.2) is 30.3 Å². The quantitative estimate of drug-likeness (QED) is 0.874. The maximum Gasteiger partial charge on any atom is 0.136 e. The largest absolute Gasteiger partial charge is 0.357 e. The number of hydrogen-bond acceptors (Lipinski definition) is 3. The summed E-state index contributed by atoms with van der Waals surface area (Å²) in [5.74, 6) is 1.73. The van der Waals surface area contributed by atoms with Gasteiger partial charge in [-0.3, -0.25) is 0 Å². The van der Waals surface area contributed by atoms with E-state index in [0.29, 0.717) is 12.0 Å². The van der Waals surface area contributed by atoms with Crippen LogP contribution in [0.3, 0.4) is 0 Å². The van der Waals surface area contributed by atoms with Crippen LogP contribution in [0.1, 0.15) is 33.4 Å². The molecule has 2 rings (SSSR count). The van der Waals surface area contributed by atoms with Gasteiger partial charge >= 0.3 is 0 Å². The van der Waals surface area contributed by atoms with Gasteiger partial charge in [0.25, 0.3) is 0 Å². The van der Waals surface area contributed by atoms with Gasteiger partial charge in [-0.1, -0.05) is 38.1 Å². The minimum Gasteiger partial charge on any atom is -0.357 e. The molecule has 0 spiro atoms. The van der Waals surface area contributed by atoms with E-state index in [1.807, 2.05) is 0 Å². The van der Waals surface area contributed by atoms with E-state index in [2.05, 4.69) is 75.3 Å². The lowest BCUT2D eigenvalue weighted by molar-refractivity contribution is 0.548. The van der Waals surface area contributed by atoms with Crippen LogP contribution >= 0.6 is 0 Å². The van der Waals surface area contributed by atoms with Crippen molar-refractivity contribution >= 4 is 16.6 Å². The van der Waals surface area contributed by atoms with Gasteiger partial charge in [-0.2, -0.15) is 0 Å². The highest BCUT2D eigenvalue weighted by molar-refractivity contribution is 5.92. The molecule has 0 amide bonds. The predicted octanol–water partition coefficient (Wildman–Crippen LogP) is 3.83. The summed E-state index contributed by atoms with van der Waals surface area (Å²) in [6.07, 6.45) is 0. The van der Waals surface area contributed by atoms with Crippen LogP contribution in [0.4, 0.5) is 5.82 Å². The molecule has 1 heterocycles. The molecule has 0 aliphatic rings. The van der Waals surface area contributed by atoms with Crippen LogP contribution in [0.25, 0.3) is 10.8 Å². The highest BCUT2D eigenvalue weighted by Gasteiger charge is 2.12. The molecule has 114 valence electrons. The molecule has 21 heavy (non-hydrogen) atoms. The average Bonchev–Trinajstić information content (AvgIpc) is 2.45. The third kappa shape index (κ3) is 3.94. The molecule has 0 bridgehead atoms. The van der Waals surface area contributed by atoms with Crippen LogP contribution in [0.2, 0.25) is 0 Å². The number of nitrogens with zero attached hydrogens (tertiary/aromatic N) is 2. The summed E-state index contributed by atoms with van der Waals surface area (Å²) in [5.41, 5.74) is 1.11. The van der Waals surface area contributed by atoms with E-state index in [-0.39, 0.29) is 0 Å². The molecule has 2 aromatic rings. The molecule has 0 saturated carbocycles. The fourth-order valence-electron chi connectivity index (χ4n) is 2.33. The van der Waals surface area contributed by atoms with Crippen molar-refractivity contribution in [2.75, 3.05) is 18.5 Å². The minimum atomic E-state index is 0.430. The monoisotopic (exact) mass is 285 g/mol. The summed E-state index contributed by atoms with van der Waals surface area (Å²) in [5, 5.41) is 5.96. The van der Waals surface area contributed by atoms with Crippen molar-refractivity contribution in [3.8, 4) is 0 Å². The van der Waals surface area contributed by atoms with Gasteiger partial charge in [-0.05, 0) is 37.8 Å². The van der Waals surface area contributed by atoms with Gasteiger partial charge < -0.3 is 10.2 Å². The normalized spacial score (nSPS) is 11.6. The maximum atomic E-state index is 4.88. The molecule has 1 aromatic carbocycles. The van der Waals surface area contributed by atoms with E-state index >= 15 is 0 Å². The summed E-state index contributed by atoms with van der Waals surface area (Å²) in [7, 11) is 2.12. The van der Waals surface area contributed by atoms with Crippen LogP contribution in [-0.2, 0) is 6.54 Å². The molecular weight excluding hydrogens is 258 g/mol. The molecule has 3 nitrogen and oxygen atoms in total. The Morgan fingerprint density at radius 2 is 1.86 bits per heavy atom. The Morgan fingerprint density at radius 3 is 2.52 bits per heavy atom. The number of hydrogen-bond donors (Lipinski definition) is 1. The number of pyridine rings is 1. The summed E-state index contributed by atoms with van der Waals surface area (Å²) < 4.78 is 0. The molecule has 0 radical (unpaired) electrons. The zero-order valence-electron chi connectivity index (χ0n) is 13.9. The Balaban J connectivity index is 2.35. The number of nitrogens with one attached hydrogen (secondary N) is 1. The van der Waals surface area contributed by atoms with E-state index in [4.69, 9.17) is 4.98 Å². The van der Waals surface area contributed by atoms with Crippen LogP contribution in [-0.4, -0.2) is 24.6 Å². The van der Waals surface area contributed by atoms with E-state index in [9.17, 15) is 0 Å². The second kappa shape index (κ2) is 6.90. The molecule has 0 unspecified atom stereocenters. The first kappa shape index (κ1) is 15.8. The average molecular weight is 285 g/mol. The van der Waals surface area contributed by atoms with Gasteiger partial charge in [0.2, 0.25) is 0 Å². The van der Waals surface area contributed by atoms with Crippen molar-refractivity contribution in [3.63, 3.8) is 0 Å². The van der Waals surface area contributed by atoms with Gasteiger partial charge in [-0.25, -0.2) is 4.98 Å². The van der Waals surface area contributed by atoms with Crippen molar-refractivity contribution < 1.29 is 0 Å². The van der Waals surface area contributed by atoms with Gasteiger partial charge in [0.15, 0.2) is 0 Å². The summed E-state index contributed by atoms with van der Waals surface area (Å²) >= 11 is 0. The predicted molar refractivity (Wildman–Crippen MR) is 91.8 cm³/mol. The topological polar surface area (TPSA) is 28.2 Å². The lowest BCUT2D eigenvalue weighted by Crippen LogP contribution is -2.27. The van der Waals surface area contributed by atoms with Gasteiger partial charge in [0, 0.05) is 25.0 Å². The number of anilines is 1. The fourth-order valence-corrected chi connectivity index (χ4v) is 2.33. The molecular formula is C18H27N3. The van der Waals surface area contributed by atoms with Gasteiger partial charge in [0.1, 0.15) is 5.82 Å². The lowest BCUT2D eigenvalue weighted by atomic mass is 10.1. The third-order valence-corrected chi connectivity index (χ3v) is 3.74. The van der Waals surface area contributed by atoms with Gasteiger partial charge in [-0.15, -0.1) is 0 Å². The Hall–Kier alpha value is -1.61. The summed E-state index contributed by atoms with van der Waals surface area (Å²) in [4.78, 5) is 7.13. The van der Waals surface area contributed by atoms with E-state index in [1.165, 1.54) is 10.8 Å². The molecule has 0 atom stereocenters. The van der Waals surface area contributed by atoms with E-state index in [0.717, 1.165) is 24.6 Å². The first-order chi connectivity index (χ1) is 9.99. The van der Waals surface area contributed by atoms with Crippen molar-refractivity contribution in [1.82, 2.24) is 10.3 Å². The lowest BCUT2D eigenvalue weighted by Gasteiger charge is -2.25. The van der Waals surface area contributed by atoms with Crippen LogP contribution in [0, 0.1) is 5.92 Å². The standard InChI is InChI=1S/C18H27N3/c1-13(2)11-19-12-16-10-15-8-6-7-9-17(15)18(20-16)21(5)14(3)4/h6-10,13-14,19H,11-12H2,1-5H3. The number of benzene rings is 1. The Morgan fingerprint density at radius 1 is 1.14 bits per heavy atom. The van der Waals surface area contributed by atoms with Gasteiger partial charge in [0.05, 0.1) is 5.69 Å². The Kier molecular flexibility index (Phi) is 5.18. The molecule has 3 heteroatoms. The summed E-state index contributed by atoms with van der Waals surface area (Å²) in [6.45, 7) is 10.7. The van der Waals surface area contributed by atoms with Crippen molar-refractivity contribution in [3.05, 3.63) is 36.0 Å². The molecule has 1 N–H and O–H groups in total. The molecule has 1 aromatic heterocycles. The molecule has 0 aliphatic carbocycles. The summed E-state index contributed by atoms with van der Waals surface area (Å²) in [6, 6.07) is 11.1. The van der Waals surface area contributed by atoms with Crippen molar-refractivity contribution in [2.45, 2.75) is 40.3 Å². The number of aromatic nitrogens is 1. The molecule has 0 aliphatic heterocycles. The smallest absolute Gasteiger partial charge is 0.136 e. The number of rotatable bonds is 6. The molecule has 0 fully saturated rings. The maximum absolute atomic E-state index is 4.88.